The summed E-state index contributed by atoms with van der Waals surface area (Å²) in [4.78, 5) is 8.72. The molecule has 2 rings (SSSR count). The van der Waals surface area contributed by atoms with Gasteiger partial charge in [0.1, 0.15) is 5.82 Å². The standard InChI is InChI=1S/C7H12F3N.C4H6N4/c8-7(9,10)6-11-4-2-1-3-5-11;5-3-1-2-7-4(6)8-3/h1-6H2;1-2H,(H4,5,6,7,8). The van der Waals surface area contributed by atoms with E-state index in [0.29, 0.717) is 18.9 Å². The summed E-state index contributed by atoms with van der Waals surface area (Å²) in [7, 11) is 0. The molecular formula is C11H18F3N5. The van der Waals surface area contributed by atoms with Crippen LogP contribution in [-0.4, -0.2) is 40.7 Å². The van der Waals surface area contributed by atoms with E-state index in [4.69, 9.17) is 11.5 Å². The predicted octanol–water partition coefficient (Wildman–Crippen LogP) is 1.68. The highest BCUT2D eigenvalue weighted by atomic mass is 19.4. The minimum Gasteiger partial charge on any atom is -0.384 e. The van der Waals surface area contributed by atoms with Crippen LogP contribution in [0, 0.1) is 0 Å². The molecule has 1 aromatic rings. The van der Waals surface area contributed by atoms with E-state index in [1.54, 1.807) is 6.07 Å². The zero-order valence-corrected chi connectivity index (χ0v) is 10.5. The molecule has 0 atom stereocenters. The Hall–Kier alpha value is -1.57. The lowest BCUT2D eigenvalue weighted by atomic mass is 10.1. The van der Waals surface area contributed by atoms with Crippen molar-refractivity contribution in [1.29, 1.82) is 0 Å². The Morgan fingerprint density at radius 3 is 2.21 bits per heavy atom. The SMILES string of the molecule is FC(F)(F)CN1CCCCC1.Nc1ccnc(N)n1. The minimum atomic E-state index is -4.02. The van der Waals surface area contributed by atoms with Crippen LogP contribution >= 0.6 is 0 Å². The third kappa shape index (κ3) is 7.45. The molecule has 0 bridgehead atoms. The molecule has 5 nitrogen and oxygen atoms in total. The predicted molar refractivity (Wildman–Crippen MR) is 67.2 cm³/mol. The van der Waals surface area contributed by atoms with Crippen LogP contribution < -0.4 is 11.5 Å². The van der Waals surface area contributed by atoms with Crippen LogP contribution in [0.4, 0.5) is 24.9 Å². The first-order valence-corrected chi connectivity index (χ1v) is 6.00. The number of hydrogen-bond acceptors (Lipinski definition) is 5. The van der Waals surface area contributed by atoms with Crippen LogP contribution in [0.25, 0.3) is 0 Å². The maximum absolute atomic E-state index is 11.8. The lowest BCUT2D eigenvalue weighted by Gasteiger charge is -2.26. The number of likely N-dealkylation sites (tertiary alicyclic amines) is 1. The van der Waals surface area contributed by atoms with E-state index in [1.807, 2.05) is 0 Å². The van der Waals surface area contributed by atoms with Crippen molar-refractivity contribution in [3.05, 3.63) is 12.3 Å². The molecule has 0 amide bonds. The van der Waals surface area contributed by atoms with Gasteiger partial charge >= 0.3 is 6.18 Å². The molecule has 0 radical (unpaired) electrons. The molecule has 1 aliphatic heterocycles. The number of aromatic nitrogens is 2. The van der Waals surface area contributed by atoms with Gasteiger partial charge < -0.3 is 11.5 Å². The van der Waals surface area contributed by atoms with Crippen LogP contribution in [0.3, 0.4) is 0 Å². The van der Waals surface area contributed by atoms with Gasteiger partial charge in [-0.05, 0) is 32.0 Å². The summed E-state index contributed by atoms with van der Waals surface area (Å²) in [5.74, 6) is 0.613. The van der Waals surface area contributed by atoms with Gasteiger partial charge in [-0.25, -0.2) is 4.98 Å². The molecule has 1 aromatic heterocycles. The van der Waals surface area contributed by atoms with Crippen molar-refractivity contribution in [3.63, 3.8) is 0 Å². The topological polar surface area (TPSA) is 81.1 Å². The Morgan fingerprint density at radius 1 is 1.16 bits per heavy atom. The first-order valence-electron chi connectivity index (χ1n) is 6.00. The van der Waals surface area contributed by atoms with E-state index >= 15 is 0 Å². The lowest BCUT2D eigenvalue weighted by Crippen LogP contribution is -2.37. The van der Waals surface area contributed by atoms with Crippen LogP contribution in [0.1, 0.15) is 19.3 Å². The van der Waals surface area contributed by atoms with E-state index in [1.165, 1.54) is 11.1 Å². The van der Waals surface area contributed by atoms with Gasteiger partial charge in [0.25, 0.3) is 0 Å². The fourth-order valence-electron chi connectivity index (χ4n) is 1.76. The number of halogens is 3. The van der Waals surface area contributed by atoms with Crippen molar-refractivity contribution in [2.75, 3.05) is 31.1 Å². The molecular weight excluding hydrogens is 259 g/mol. The third-order valence-electron chi connectivity index (χ3n) is 2.55. The van der Waals surface area contributed by atoms with Gasteiger partial charge in [-0.3, -0.25) is 4.90 Å². The number of rotatable bonds is 1. The smallest absolute Gasteiger partial charge is 0.384 e. The molecule has 0 aromatic carbocycles. The number of nitrogen functional groups attached to an aromatic ring is 2. The number of hydrogen-bond donors (Lipinski definition) is 2. The number of nitrogens with zero attached hydrogens (tertiary/aromatic N) is 3. The molecule has 0 spiro atoms. The van der Waals surface area contributed by atoms with Crippen LogP contribution in [0.15, 0.2) is 12.3 Å². The van der Waals surface area contributed by atoms with E-state index in [2.05, 4.69) is 9.97 Å². The van der Waals surface area contributed by atoms with Gasteiger partial charge in [0.15, 0.2) is 0 Å². The van der Waals surface area contributed by atoms with E-state index in [0.717, 1.165) is 19.3 Å². The summed E-state index contributed by atoms with van der Waals surface area (Å²) < 4.78 is 35.4. The second-order valence-corrected chi connectivity index (χ2v) is 4.29. The Morgan fingerprint density at radius 2 is 1.79 bits per heavy atom. The zero-order chi connectivity index (χ0) is 14.3. The summed E-state index contributed by atoms with van der Waals surface area (Å²) >= 11 is 0. The van der Waals surface area contributed by atoms with Crippen LogP contribution in [0.5, 0.6) is 0 Å². The molecule has 4 N–H and O–H groups in total. The summed E-state index contributed by atoms with van der Waals surface area (Å²) in [6.45, 7) is 0.492. The molecule has 8 heteroatoms. The number of anilines is 2. The summed E-state index contributed by atoms with van der Waals surface area (Å²) in [5.41, 5.74) is 10.4. The summed E-state index contributed by atoms with van der Waals surface area (Å²) in [5, 5.41) is 0. The molecule has 0 unspecified atom stereocenters. The second-order valence-electron chi connectivity index (χ2n) is 4.29. The van der Waals surface area contributed by atoms with Gasteiger partial charge in [0, 0.05) is 6.20 Å². The van der Waals surface area contributed by atoms with Gasteiger partial charge in [-0.2, -0.15) is 18.2 Å². The number of piperidine rings is 1. The van der Waals surface area contributed by atoms with E-state index < -0.39 is 12.7 Å². The Bertz CT molecular complexity index is 360. The first-order chi connectivity index (χ1) is 8.87. The second kappa shape index (κ2) is 7.13. The number of alkyl halides is 3. The average molecular weight is 277 g/mol. The maximum Gasteiger partial charge on any atom is 0.401 e. The highest BCUT2D eigenvalue weighted by Gasteiger charge is 2.30. The van der Waals surface area contributed by atoms with Crippen molar-refractivity contribution in [2.45, 2.75) is 25.4 Å². The van der Waals surface area contributed by atoms with Crippen molar-refractivity contribution in [1.82, 2.24) is 14.9 Å². The minimum absolute atomic E-state index is 0.213. The van der Waals surface area contributed by atoms with Gasteiger partial charge in [-0.15, -0.1) is 0 Å². The van der Waals surface area contributed by atoms with Crippen molar-refractivity contribution >= 4 is 11.8 Å². The van der Waals surface area contributed by atoms with Gasteiger partial charge in [0.2, 0.25) is 5.95 Å². The summed E-state index contributed by atoms with van der Waals surface area (Å²) in [6.07, 6.45) is 0.398. The van der Waals surface area contributed by atoms with Crippen molar-refractivity contribution in [3.8, 4) is 0 Å². The summed E-state index contributed by atoms with van der Waals surface area (Å²) in [6, 6.07) is 1.58. The molecule has 2 heterocycles. The quantitative estimate of drug-likeness (QED) is 0.816. The van der Waals surface area contributed by atoms with E-state index in [9.17, 15) is 13.2 Å². The third-order valence-corrected chi connectivity index (χ3v) is 2.55. The fraction of sp³-hybridized carbons (Fsp3) is 0.636. The molecule has 108 valence electrons. The Balaban J connectivity index is 0.000000200. The normalized spacial score (nSPS) is 16.6. The number of nitrogens with two attached hydrogens (primary N) is 2. The maximum atomic E-state index is 11.8. The lowest BCUT2D eigenvalue weighted by molar-refractivity contribution is -0.147. The van der Waals surface area contributed by atoms with Crippen molar-refractivity contribution in [2.24, 2.45) is 0 Å². The highest BCUT2D eigenvalue weighted by molar-refractivity contribution is 5.31. The molecule has 1 fully saturated rings. The Labute approximate surface area is 109 Å². The van der Waals surface area contributed by atoms with Crippen LogP contribution in [0.2, 0.25) is 0 Å². The first kappa shape index (κ1) is 15.5. The van der Waals surface area contributed by atoms with Crippen LogP contribution in [-0.2, 0) is 0 Å². The Kier molecular flexibility index (Phi) is 5.81. The van der Waals surface area contributed by atoms with Gasteiger partial charge in [0.05, 0.1) is 6.54 Å². The van der Waals surface area contributed by atoms with Gasteiger partial charge in [-0.1, -0.05) is 6.42 Å². The largest absolute Gasteiger partial charge is 0.401 e. The molecule has 1 saturated heterocycles. The highest BCUT2D eigenvalue weighted by Crippen LogP contribution is 2.19. The van der Waals surface area contributed by atoms with Crippen molar-refractivity contribution < 1.29 is 13.2 Å². The molecule has 19 heavy (non-hydrogen) atoms. The monoisotopic (exact) mass is 277 g/mol. The molecule has 0 aliphatic carbocycles. The fourth-order valence-corrected chi connectivity index (χ4v) is 1.76. The van der Waals surface area contributed by atoms with E-state index in [-0.39, 0.29) is 5.95 Å². The average Bonchev–Trinajstić information content (AvgIpc) is 2.28. The molecule has 1 aliphatic rings. The zero-order valence-electron chi connectivity index (χ0n) is 10.5. The molecule has 0 saturated carbocycles.